The fourth-order valence-electron chi connectivity index (χ4n) is 1.93. The lowest BCUT2D eigenvalue weighted by Crippen LogP contribution is -2.04. The van der Waals surface area contributed by atoms with Gasteiger partial charge in [0, 0.05) is 0 Å². The zero-order valence-electron chi connectivity index (χ0n) is 8.38. The first kappa shape index (κ1) is 8.55. The van der Waals surface area contributed by atoms with Crippen molar-refractivity contribution in [1.29, 1.82) is 0 Å². The Morgan fingerprint density at radius 3 is 2.31 bits per heavy atom. The third-order valence-electron chi connectivity index (χ3n) is 2.71. The first-order valence-electron chi connectivity index (χ1n) is 4.92. The summed E-state index contributed by atoms with van der Waals surface area (Å²) in [7, 11) is 0. The largest absolute Gasteiger partial charge is 0.0802 e. The van der Waals surface area contributed by atoms with Crippen molar-refractivity contribution in [2.24, 2.45) is 5.41 Å². The molecule has 1 aromatic carbocycles. The van der Waals surface area contributed by atoms with E-state index < -0.39 is 0 Å². The molecule has 1 aliphatic rings. The maximum atomic E-state index is 2.38. The summed E-state index contributed by atoms with van der Waals surface area (Å²) in [6, 6.07) is 10.7. The second-order valence-corrected chi connectivity index (χ2v) is 4.64. The Hall–Kier alpha value is -1.04. The van der Waals surface area contributed by atoms with E-state index in [0.717, 1.165) is 0 Å². The van der Waals surface area contributed by atoms with Gasteiger partial charge in [-0.15, -0.1) is 0 Å². The fraction of sp³-hybridized carbons (Fsp3) is 0.385. The van der Waals surface area contributed by atoms with Crippen LogP contribution in [0, 0.1) is 5.41 Å². The van der Waals surface area contributed by atoms with Gasteiger partial charge in [0.25, 0.3) is 0 Å². The second kappa shape index (κ2) is 3.02. The van der Waals surface area contributed by atoms with Crippen LogP contribution in [0.1, 0.15) is 32.3 Å². The van der Waals surface area contributed by atoms with Crippen LogP contribution in [-0.4, -0.2) is 0 Å². The van der Waals surface area contributed by atoms with Gasteiger partial charge in [-0.05, 0) is 29.4 Å². The van der Waals surface area contributed by atoms with Crippen molar-refractivity contribution in [3.05, 3.63) is 42.0 Å². The normalized spacial score (nSPS) is 20.0. The molecule has 0 spiro atoms. The Morgan fingerprint density at radius 2 is 1.77 bits per heavy atom. The average Bonchev–Trinajstić information content (AvgIpc) is 2.48. The molecule has 0 radical (unpaired) electrons. The molecule has 13 heavy (non-hydrogen) atoms. The first-order chi connectivity index (χ1) is 6.17. The maximum absolute atomic E-state index is 2.38. The van der Waals surface area contributed by atoms with Gasteiger partial charge in [0.1, 0.15) is 0 Å². The molecule has 0 amide bonds. The molecule has 0 saturated heterocycles. The number of hydrogen-bond acceptors (Lipinski definition) is 0. The van der Waals surface area contributed by atoms with Gasteiger partial charge >= 0.3 is 0 Å². The van der Waals surface area contributed by atoms with Crippen LogP contribution < -0.4 is 0 Å². The van der Waals surface area contributed by atoms with Crippen LogP contribution in [0.4, 0.5) is 0 Å². The molecule has 0 nitrogen and oxygen atoms in total. The molecule has 1 aliphatic carbocycles. The highest BCUT2D eigenvalue weighted by molar-refractivity contribution is 5.67. The molecule has 1 aromatic rings. The predicted molar refractivity (Wildman–Crippen MR) is 57.4 cm³/mol. The highest BCUT2D eigenvalue weighted by Gasteiger charge is 2.24. The minimum atomic E-state index is 0.477. The molecule has 0 bridgehead atoms. The number of hydrogen-bond donors (Lipinski definition) is 0. The van der Waals surface area contributed by atoms with E-state index >= 15 is 0 Å². The molecule has 2 rings (SSSR count). The molecule has 0 atom stereocenters. The van der Waals surface area contributed by atoms with E-state index in [4.69, 9.17) is 0 Å². The Balaban J connectivity index is 2.22. The minimum Gasteiger partial charge on any atom is -0.0802 e. The van der Waals surface area contributed by atoms with Crippen LogP contribution in [0.3, 0.4) is 0 Å². The van der Waals surface area contributed by atoms with Crippen molar-refractivity contribution < 1.29 is 0 Å². The van der Waals surface area contributed by atoms with Gasteiger partial charge in [0.15, 0.2) is 0 Å². The van der Waals surface area contributed by atoms with Crippen molar-refractivity contribution in [3.63, 3.8) is 0 Å². The molecule has 0 unspecified atom stereocenters. The van der Waals surface area contributed by atoms with Gasteiger partial charge in [-0.1, -0.05) is 50.3 Å². The summed E-state index contributed by atoms with van der Waals surface area (Å²) in [5.74, 6) is 0. The predicted octanol–water partition coefficient (Wildman–Crippen LogP) is 3.89. The molecule has 0 saturated carbocycles. The van der Waals surface area contributed by atoms with Crippen LogP contribution in [0.15, 0.2) is 36.4 Å². The van der Waals surface area contributed by atoms with E-state index in [1.54, 1.807) is 0 Å². The Kier molecular flexibility index (Phi) is 1.99. The standard InChI is InChI=1S/C13H16/c1-13(2)9-8-12(10-13)11-6-4-3-5-7-11/h3-8H,9-10H2,1-2H3. The Bertz CT molecular complexity index is 317. The highest BCUT2D eigenvalue weighted by Crippen LogP contribution is 2.40. The lowest BCUT2D eigenvalue weighted by atomic mass is 9.88. The van der Waals surface area contributed by atoms with Gasteiger partial charge in [0.2, 0.25) is 0 Å². The van der Waals surface area contributed by atoms with E-state index in [1.807, 2.05) is 0 Å². The molecular weight excluding hydrogens is 156 g/mol. The lowest BCUT2D eigenvalue weighted by molar-refractivity contribution is 0.403. The van der Waals surface area contributed by atoms with Crippen molar-refractivity contribution in [2.75, 3.05) is 0 Å². The quantitative estimate of drug-likeness (QED) is 0.603. The lowest BCUT2D eigenvalue weighted by Gasteiger charge is -2.16. The van der Waals surface area contributed by atoms with E-state index in [2.05, 4.69) is 50.3 Å². The van der Waals surface area contributed by atoms with Crippen molar-refractivity contribution >= 4 is 5.57 Å². The summed E-state index contributed by atoms with van der Waals surface area (Å²) in [6.45, 7) is 4.67. The summed E-state index contributed by atoms with van der Waals surface area (Å²) >= 11 is 0. The van der Waals surface area contributed by atoms with Gasteiger partial charge in [0.05, 0.1) is 0 Å². The van der Waals surface area contributed by atoms with E-state index in [9.17, 15) is 0 Å². The molecule has 0 heterocycles. The van der Waals surface area contributed by atoms with Crippen LogP contribution in [-0.2, 0) is 0 Å². The molecule has 68 valence electrons. The zero-order valence-corrected chi connectivity index (χ0v) is 8.38. The summed E-state index contributed by atoms with van der Waals surface area (Å²) in [6.07, 6.45) is 4.82. The van der Waals surface area contributed by atoms with Gasteiger partial charge in [-0.2, -0.15) is 0 Å². The molecule has 0 heteroatoms. The van der Waals surface area contributed by atoms with Crippen LogP contribution in [0.5, 0.6) is 0 Å². The fourth-order valence-corrected chi connectivity index (χ4v) is 1.93. The zero-order chi connectivity index (χ0) is 9.31. The number of allylic oxidation sites excluding steroid dienone is 2. The van der Waals surface area contributed by atoms with E-state index in [1.165, 1.54) is 24.0 Å². The molecular formula is C13H16. The first-order valence-corrected chi connectivity index (χ1v) is 4.92. The molecule has 0 N–H and O–H groups in total. The minimum absolute atomic E-state index is 0.477. The van der Waals surface area contributed by atoms with Crippen molar-refractivity contribution in [3.8, 4) is 0 Å². The van der Waals surface area contributed by atoms with Crippen molar-refractivity contribution in [2.45, 2.75) is 26.7 Å². The summed E-state index contributed by atoms with van der Waals surface area (Å²) < 4.78 is 0. The van der Waals surface area contributed by atoms with Crippen LogP contribution in [0.25, 0.3) is 5.57 Å². The monoisotopic (exact) mass is 172 g/mol. The van der Waals surface area contributed by atoms with Gasteiger partial charge in [-0.25, -0.2) is 0 Å². The van der Waals surface area contributed by atoms with E-state index in [0.29, 0.717) is 5.41 Å². The molecule has 0 fully saturated rings. The summed E-state index contributed by atoms with van der Waals surface area (Å²) in [5.41, 5.74) is 3.39. The van der Waals surface area contributed by atoms with Crippen molar-refractivity contribution in [1.82, 2.24) is 0 Å². The number of rotatable bonds is 1. The summed E-state index contributed by atoms with van der Waals surface area (Å²) in [4.78, 5) is 0. The summed E-state index contributed by atoms with van der Waals surface area (Å²) in [5, 5.41) is 0. The third kappa shape index (κ3) is 1.82. The Morgan fingerprint density at radius 1 is 1.08 bits per heavy atom. The maximum Gasteiger partial charge on any atom is -0.0222 e. The van der Waals surface area contributed by atoms with Crippen LogP contribution >= 0.6 is 0 Å². The van der Waals surface area contributed by atoms with Crippen LogP contribution in [0.2, 0.25) is 0 Å². The second-order valence-electron chi connectivity index (χ2n) is 4.64. The topological polar surface area (TPSA) is 0 Å². The smallest absolute Gasteiger partial charge is 0.0222 e. The Labute approximate surface area is 80.3 Å². The number of benzene rings is 1. The third-order valence-corrected chi connectivity index (χ3v) is 2.71. The van der Waals surface area contributed by atoms with E-state index in [-0.39, 0.29) is 0 Å². The molecule has 0 aromatic heterocycles. The van der Waals surface area contributed by atoms with Gasteiger partial charge in [-0.3, -0.25) is 0 Å². The van der Waals surface area contributed by atoms with Gasteiger partial charge < -0.3 is 0 Å². The SMILES string of the molecule is CC1(C)CC=C(c2ccccc2)C1. The average molecular weight is 172 g/mol. The molecule has 0 aliphatic heterocycles. The highest BCUT2D eigenvalue weighted by atomic mass is 14.3.